The van der Waals surface area contributed by atoms with Gasteiger partial charge in [-0.1, -0.05) is 0 Å². The van der Waals surface area contributed by atoms with Crippen molar-refractivity contribution in [3.8, 4) is 6.19 Å². The highest BCUT2D eigenvalue weighted by Crippen LogP contribution is 1.67. The van der Waals surface area contributed by atoms with Gasteiger partial charge in [0.15, 0.2) is 0 Å². The van der Waals surface area contributed by atoms with E-state index in [1.165, 1.54) is 20.8 Å². The molecule has 86 valence electrons. The first kappa shape index (κ1) is 19.0. The second-order valence-electron chi connectivity index (χ2n) is 2.87. The highest BCUT2D eigenvalue weighted by atomic mass is 16.1. The molecule has 5 nitrogen and oxygen atoms in total. The number of carbonyl (C=O) groups is 2. The minimum absolute atomic E-state index is 0.00463. The van der Waals surface area contributed by atoms with Gasteiger partial charge in [-0.05, 0) is 27.7 Å². The molecule has 0 rings (SSSR count). The summed E-state index contributed by atoms with van der Waals surface area (Å²) >= 11 is 0. The summed E-state index contributed by atoms with van der Waals surface area (Å²) in [5, 5.41) is 10.2. The molecule has 0 aromatic heterocycles. The summed E-state index contributed by atoms with van der Waals surface area (Å²) in [4.78, 5) is 22.5. The SMILES string of the molecule is CC(C)=NC#N.CC(C)=O.CNC(C)=O. The van der Waals surface area contributed by atoms with Gasteiger partial charge in [0.1, 0.15) is 5.78 Å². The molecular formula is C10H19N3O2. The molecule has 15 heavy (non-hydrogen) atoms. The van der Waals surface area contributed by atoms with E-state index in [4.69, 9.17) is 5.26 Å². The van der Waals surface area contributed by atoms with Gasteiger partial charge in [-0.15, -0.1) is 0 Å². The lowest BCUT2D eigenvalue weighted by Gasteiger charge is -1.80. The van der Waals surface area contributed by atoms with Crippen LogP contribution in [0.4, 0.5) is 0 Å². The lowest BCUT2D eigenvalue weighted by atomic mass is 10.5. The fourth-order valence-electron chi connectivity index (χ4n) is 0.100. The van der Waals surface area contributed by atoms with E-state index in [0.29, 0.717) is 0 Å². The standard InChI is InChI=1S/C4H6N2.C3H7NO.C3H6O/c1-4(2)6-3-5;1-3(5)4-2;1-3(2)4/h1-2H3;1-2H3,(H,4,5);1-2H3. The van der Waals surface area contributed by atoms with Gasteiger partial charge < -0.3 is 10.1 Å². The molecule has 0 fully saturated rings. The van der Waals surface area contributed by atoms with Crippen molar-refractivity contribution in [3.05, 3.63) is 0 Å². The Morgan fingerprint density at radius 3 is 1.40 bits per heavy atom. The Labute approximate surface area is 91.2 Å². The van der Waals surface area contributed by atoms with E-state index in [-0.39, 0.29) is 11.7 Å². The molecule has 0 saturated heterocycles. The van der Waals surface area contributed by atoms with E-state index >= 15 is 0 Å². The molecule has 0 saturated carbocycles. The zero-order valence-electron chi connectivity index (χ0n) is 10.2. The van der Waals surface area contributed by atoms with Crippen LogP contribution in [0.5, 0.6) is 0 Å². The number of Topliss-reactive ketones (excluding diaryl/α,β-unsaturated/α-hetero) is 1. The number of nitriles is 1. The van der Waals surface area contributed by atoms with Crippen molar-refractivity contribution in [2.45, 2.75) is 34.6 Å². The summed E-state index contributed by atoms with van der Waals surface area (Å²) in [6.07, 6.45) is 1.66. The van der Waals surface area contributed by atoms with Crippen LogP contribution in [0.1, 0.15) is 34.6 Å². The second kappa shape index (κ2) is 14.8. The van der Waals surface area contributed by atoms with Crippen LogP contribution in [0.25, 0.3) is 0 Å². The molecule has 5 heteroatoms. The first-order valence-corrected chi connectivity index (χ1v) is 4.33. The average molecular weight is 213 g/mol. The molecule has 0 unspecified atom stereocenters. The van der Waals surface area contributed by atoms with Crippen LogP contribution in [0, 0.1) is 11.5 Å². The number of aliphatic imine (C=N–C) groups is 1. The molecule has 0 spiro atoms. The lowest BCUT2D eigenvalue weighted by molar-refractivity contribution is -0.118. The summed E-state index contributed by atoms with van der Waals surface area (Å²) in [6.45, 7) is 8.09. The summed E-state index contributed by atoms with van der Waals surface area (Å²) in [5.41, 5.74) is 0.803. The van der Waals surface area contributed by atoms with E-state index in [1.54, 1.807) is 27.1 Å². The van der Waals surface area contributed by atoms with Gasteiger partial charge >= 0.3 is 0 Å². The predicted molar refractivity (Wildman–Crippen MR) is 60.5 cm³/mol. The quantitative estimate of drug-likeness (QED) is 0.486. The van der Waals surface area contributed by atoms with E-state index < -0.39 is 0 Å². The van der Waals surface area contributed by atoms with Crippen molar-refractivity contribution in [2.24, 2.45) is 4.99 Å². The molecule has 0 atom stereocenters. The van der Waals surface area contributed by atoms with Crippen LogP contribution in [-0.4, -0.2) is 24.4 Å². The first-order valence-electron chi connectivity index (χ1n) is 4.33. The topological polar surface area (TPSA) is 82.3 Å². The molecular weight excluding hydrogens is 194 g/mol. The number of ketones is 1. The van der Waals surface area contributed by atoms with Gasteiger partial charge in [0.25, 0.3) is 0 Å². The van der Waals surface area contributed by atoms with Crippen LogP contribution >= 0.6 is 0 Å². The van der Waals surface area contributed by atoms with Crippen molar-refractivity contribution in [3.63, 3.8) is 0 Å². The molecule has 0 heterocycles. The van der Waals surface area contributed by atoms with Crippen LogP contribution in [0.3, 0.4) is 0 Å². The zero-order valence-corrected chi connectivity index (χ0v) is 10.2. The highest BCUT2D eigenvalue weighted by molar-refractivity contribution is 5.79. The Hall–Kier alpha value is -1.70. The molecule has 0 aliphatic rings. The number of rotatable bonds is 0. The fraction of sp³-hybridized carbons (Fsp3) is 0.600. The maximum atomic E-state index is 9.70. The number of nitrogens with zero attached hydrogens (tertiary/aromatic N) is 2. The number of amides is 1. The minimum Gasteiger partial charge on any atom is -0.359 e. The second-order valence-corrected chi connectivity index (χ2v) is 2.87. The molecule has 1 amide bonds. The molecule has 0 aliphatic heterocycles. The van der Waals surface area contributed by atoms with Gasteiger partial charge in [0, 0.05) is 19.7 Å². The van der Waals surface area contributed by atoms with Gasteiger partial charge in [-0.2, -0.15) is 10.3 Å². The van der Waals surface area contributed by atoms with Gasteiger partial charge in [-0.3, -0.25) is 4.79 Å². The first-order chi connectivity index (χ1) is 6.77. The monoisotopic (exact) mass is 213 g/mol. The molecule has 1 N–H and O–H groups in total. The van der Waals surface area contributed by atoms with Crippen LogP contribution in [0.15, 0.2) is 4.99 Å². The number of hydrogen-bond acceptors (Lipinski definition) is 4. The number of hydrogen-bond donors (Lipinski definition) is 1. The van der Waals surface area contributed by atoms with Crippen molar-refractivity contribution >= 4 is 17.4 Å². The maximum absolute atomic E-state index is 9.70. The van der Waals surface area contributed by atoms with Crippen LogP contribution in [0.2, 0.25) is 0 Å². The van der Waals surface area contributed by atoms with Crippen LogP contribution < -0.4 is 5.32 Å². The lowest BCUT2D eigenvalue weighted by Crippen LogP contribution is -2.11. The average Bonchev–Trinajstić information content (AvgIpc) is 2.03. The molecule has 0 aromatic carbocycles. The van der Waals surface area contributed by atoms with E-state index in [2.05, 4.69) is 10.3 Å². The van der Waals surface area contributed by atoms with E-state index in [1.807, 2.05) is 0 Å². The van der Waals surface area contributed by atoms with Crippen molar-refractivity contribution < 1.29 is 9.59 Å². The Bertz CT molecular complexity index is 244. The van der Waals surface area contributed by atoms with E-state index in [0.717, 1.165) is 5.71 Å². The Balaban J connectivity index is -0.000000147. The predicted octanol–water partition coefficient (Wildman–Crippen LogP) is 1.30. The minimum atomic E-state index is 0.00463. The largest absolute Gasteiger partial charge is 0.359 e. The zero-order chi connectivity index (χ0) is 12.9. The summed E-state index contributed by atoms with van der Waals surface area (Å²) in [6, 6.07) is 0. The molecule has 0 bridgehead atoms. The third-order valence-electron chi connectivity index (χ3n) is 0.626. The normalized spacial score (nSPS) is 6.47. The van der Waals surface area contributed by atoms with Gasteiger partial charge in [0.05, 0.1) is 0 Å². The third kappa shape index (κ3) is 120. The summed E-state index contributed by atoms with van der Waals surface area (Å²) < 4.78 is 0. The van der Waals surface area contributed by atoms with Crippen molar-refractivity contribution in [1.82, 2.24) is 5.32 Å². The molecule has 0 radical (unpaired) electrons. The molecule has 0 aliphatic carbocycles. The van der Waals surface area contributed by atoms with Gasteiger partial charge in [0.2, 0.25) is 12.1 Å². The van der Waals surface area contributed by atoms with Crippen molar-refractivity contribution in [2.75, 3.05) is 7.05 Å². The van der Waals surface area contributed by atoms with Crippen LogP contribution in [-0.2, 0) is 9.59 Å². The Morgan fingerprint density at radius 1 is 1.13 bits per heavy atom. The smallest absolute Gasteiger partial charge is 0.216 e. The van der Waals surface area contributed by atoms with Gasteiger partial charge in [-0.25, -0.2) is 0 Å². The summed E-state index contributed by atoms with van der Waals surface area (Å²) in [5.74, 6) is 0.171. The Morgan fingerprint density at radius 2 is 1.40 bits per heavy atom. The number of carbonyl (C=O) groups excluding carboxylic acids is 2. The maximum Gasteiger partial charge on any atom is 0.216 e. The molecule has 0 aromatic rings. The number of nitrogens with one attached hydrogen (secondary N) is 1. The summed E-state index contributed by atoms with van der Waals surface area (Å²) in [7, 11) is 1.60. The Kier molecular flexibility index (Phi) is 18.7. The fourth-order valence-corrected chi connectivity index (χ4v) is 0.100. The third-order valence-corrected chi connectivity index (χ3v) is 0.626. The van der Waals surface area contributed by atoms with E-state index in [9.17, 15) is 9.59 Å². The van der Waals surface area contributed by atoms with Crippen molar-refractivity contribution in [1.29, 1.82) is 5.26 Å². The highest BCUT2D eigenvalue weighted by Gasteiger charge is 1.72.